The number of halogens is 3. The lowest BCUT2D eigenvalue weighted by molar-refractivity contribution is 0.0232. The Morgan fingerprint density at radius 3 is 2.12 bits per heavy atom. The van der Waals surface area contributed by atoms with Crippen LogP contribution in [0.2, 0.25) is 5.15 Å². The number of aromatic nitrogens is 2. The lowest BCUT2D eigenvalue weighted by Gasteiger charge is -2.28. The predicted molar refractivity (Wildman–Crippen MR) is 204 cm³/mol. The van der Waals surface area contributed by atoms with E-state index >= 15 is 0 Å². The van der Waals surface area contributed by atoms with Crippen molar-refractivity contribution in [1.29, 1.82) is 0 Å². The Morgan fingerprint density at radius 1 is 0.961 bits per heavy atom. The molecule has 2 aliphatic heterocycles. The van der Waals surface area contributed by atoms with Gasteiger partial charge in [-0.2, -0.15) is 8.61 Å². The number of likely N-dealkylation sites (N-methyl/N-ethyl adjacent to an activating group) is 2. The van der Waals surface area contributed by atoms with Gasteiger partial charge in [0.2, 0.25) is 20.0 Å². The summed E-state index contributed by atoms with van der Waals surface area (Å²) in [7, 11) is -3.97. The number of fused-ring (bicyclic) bond motifs is 2. The van der Waals surface area contributed by atoms with Crippen molar-refractivity contribution in [3.8, 4) is 0 Å². The number of nitrogens with one attached hydrogen (secondary N) is 2. The minimum absolute atomic E-state index is 0.159. The zero-order valence-corrected chi connectivity index (χ0v) is 34.2. The molecule has 13 nitrogen and oxygen atoms in total. The summed E-state index contributed by atoms with van der Waals surface area (Å²) in [5.41, 5.74) is -0.914. The first-order chi connectivity index (χ1) is 23.9. The molecule has 2 N–H and O–H groups in total. The second-order valence-corrected chi connectivity index (χ2v) is 19.1. The van der Waals surface area contributed by atoms with Crippen LogP contribution in [-0.2, 0) is 24.8 Å². The third kappa shape index (κ3) is 8.30. The van der Waals surface area contributed by atoms with Crippen molar-refractivity contribution in [2.45, 2.75) is 61.1 Å². The first kappa shape index (κ1) is 39.6. The molecule has 0 saturated carbocycles. The van der Waals surface area contributed by atoms with Crippen LogP contribution in [0.15, 0.2) is 72.3 Å². The quantitative estimate of drug-likeness (QED) is 0.237. The molecule has 2 atom stereocenters. The maximum absolute atomic E-state index is 13.4. The number of benzene rings is 2. The highest BCUT2D eigenvalue weighted by atomic mass is 79.9. The Bertz CT molecular complexity index is 2250. The van der Waals surface area contributed by atoms with E-state index in [1.165, 1.54) is 25.9 Å². The van der Waals surface area contributed by atoms with E-state index in [0.29, 0.717) is 56.5 Å². The normalized spacial score (nSPS) is 18.9. The first-order valence-corrected chi connectivity index (χ1v) is 20.9. The van der Waals surface area contributed by atoms with E-state index in [2.05, 4.69) is 47.1 Å². The molecule has 6 rings (SSSR count). The molecule has 4 aromatic rings. The van der Waals surface area contributed by atoms with Crippen molar-refractivity contribution in [2.75, 3.05) is 40.3 Å². The molecular weight excluding hydrogens is 852 g/mol. The van der Waals surface area contributed by atoms with E-state index < -0.39 is 31.7 Å². The number of pyridine rings is 2. The van der Waals surface area contributed by atoms with Crippen molar-refractivity contribution in [3.63, 3.8) is 0 Å². The Labute approximate surface area is 319 Å². The lowest BCUT2D eigenvalue weighted by atomic mass is 10.2. The van der Waals surface area contributed by atoms with Crippen molar-refractivity contribution in [1.82, 2.24) is 28.8 Å². The number of hydrogen-bond donors (Lipinski definition) is 2. The van der Waals surface area contributed by atoms with Crippen LogP contribution in [0.25, 0.3) is 21.5 Å². The van der Waals surface area contributed by atoms with Gasteiger partial charge in [-0.25, -0.2) is 26.6 Å². The summed E-state index contributed by atoms with van der Waals surface area (Å²) in [5, 5.41) is 5.19. The van der Waals surface area contributed by atoms with Crippen LogP contribution in [0.1, 0.15) is 33.6 Å². The summed E-state index contributed by atoms with van der Waals surface area (Å²) in [5.74, 6) is 0. The Hall–Kier alpha value is -2.64. The van der Waals surface area contributed by atoms with E-state index in [0.717, 1.165) is 6.42 Å². The van der Waals surface area contributed by atoms with Crippen molar-refractivity contribution in [3.05, 3.63) is 73.2 Å². The molecule has 4 heterocycles. The van der Waals surface area contributed by atoms with Crippen LogP contribution in [0.5, 0.6) is 0 Å². The number of nitrogens with zero attached hydrogens (tertiary/aromatic N) is 4. The van der Waals surface area contributed by atoms with Gasteiger partial charge in [0, 0.05) is 88.2 Å². The summed E-state index contributed by atoms with van der Waals surface area (Å²) in [6.45, 7) is 6.81. The van der Waals surface area contributed by atoms with Gasteiger partial charge >= 0.3 is 6.09 Å². The monoisotopic (exact) mass is 888 g/mol. The highest BCUT2D eigenvalue weighted by Crippen LogP contribution is 2.36. The number of aromatic amines is 1. The number of H-pyrrole nitrogens is 1. The fourth-order valence-electron chi connectivity index (χ4n) is 6.06. The standard InChI is InChI=1S/C19H23BrClN3O4S.C14H16BrN3O3S/c1-19(2,3)28-18(25)23(4)12-8-9-24(11-12)29(26,27)15-7-5-6-13-16(15)14(20)10-22-17(13)21;1-16-9-5-6-18(8-9)22(20,21)12-4-2-3-10-13(12)11(15)7-17-14(10)19/h5-7,10,12H,8-9,11H2,1-4H3;2-4,7,9,16H,5-6,8H2,1H3,(H,17,19)/t12-;9-/m00/s1. The molecule has 51 heavy (non-hydrogen) atoms. The zero-order chi connectivity index (χ0) is 37.5. The van der Waals surface area contributed by atoms with Crippen molar-refractivity contribution in [2.24, 2.45) is 0 Å². The lowest BCUT2D eigenvalue weighted by Crippen LogP contribution is -2.42. The summed E-state index contributed by atoms with van der Waals surface area (Å²) in [6.07, 6.45) is 3.81. The Kier molecular flexibility index (Phi) is 11.9. The smallest absolute Gasteiger partial charge is 0.410 e. The van der Waals surface area contributed by atoms with E-state index in [1.54, 1.807) is 64.2 Å². The summed E-state index contributed by atoms with van der Waals surface area (Å²) >= 11 is 12.9. The average molecular weight is 891 g/mol. The number of ether oxygens (including phenoxy) is 1. The number of carbonyl (C=O) groups is 1. The molecule has 0 unspecified atom stereocenters. The largest absolute Gasteiger partial charge is 0.444 e. The molecule has 0 aliphatic carbocycles. The molecule has 2 aliphatic rings. The van der Waals surface area contributed by atoms with Crippen LogP contribution in [0, 0.1) is 0 Å². The maximum Gasteiger partial charge on any atom is 0.410 e. The molecule has 276 valence electrons. The van der Waals surface area contributed by atoms with Gasteiger partial charge < -0.3 is 19.9 Å². The summed E-state index contributed by atoms with van der Waals surface area (Å²) in [6, 6.07) is 9.62. The van der Waals surface area contributed by atoms with Gasteiger partial charge in [-0.05, 0) is 90.7 Å². The SMILES string of the molecule is CN(C(=O)OC(C)(C)C)[C@H]1CCN(S(=O)(=O)c2cccc3c(Cl)ncc(Br)c23)C1.CN[C@H]1CCN(S(=O)(=O)c2cccc3c(=O)[nH]cc(Br)c23)C1. The van der Waals surface area contributed by atoms with Crippen LogP contribution >= 0.6 is 43.5 Å². The molecule has 0 radical (unpaired) electrons. The third-order valence-electron chi connectivity index (χ3n) is 8.77. The van der Waals surface area contributed by atoms with Gasteiger partial charge in [-0.15, -0.1) is 0 Å². The Morgan fingerprint density at radius 2 is 1.53 bits per heavy atom. The van der Waals surface area contributed by atoms with E-state index in [1.807, 2.05) is 7.05 Å². The number of amides is 1. The second kappa shape index (κ2) is 15.4. The van der Waals surface area contributed by atoms with Gasteiger partial charge in [0.15, 0.2) is 0 Å². The van der Waals surface area contributed by atoms with Gasteiger partial charge in [-0.1, -0.05) is 29.8 Å². The molecular formula is C33H39Br2ClN6O7S2. The number of carbonyl (C=O) groups excluding carboxylic acids is 1. The highest BCUT2D eigenvalue weighted by Gasteiger charge is 2.38. The average Bonchev–Trinajstić information content (AvgIpc) is 3.79. The topological polar surface area (TPSA) is 162 Å². The minimum atomic E-state index is -3.79. The summed E-state index contributed by atoms with van der Waals surface area (Å²) in [4.78, 5) is 32.7. The van der Waals surface area contributed by atoms with E-state index in [4.69, 9.17) is 16.3 Å². The second-order valence-electron chi connectivity index (χ2n) is 13.3. The zero-order valence-electron chi connectivity index (χ0n) is 28.6. The predicted octanol–water partition coefficient (Wildman–Crippen LogP) is 5.55. The van der Waals surface area contributed by atoms with Gasteiger partial charge in [0.25, 0.3) is 5.56 Å². The van der Waals surface area contributed by atoms with Gasteiger partial charge in [-0.3, -0.25) is 4.79 Å². The third-order valence-corrected chi connectivity index (χ3v) is 14.1. The number of hydrogen-bond acceptors (Lipinski definition) is 9. The van der Waals surface area contributed by atoms with Gasteiger partial charge in [0.05, 0.1) is 9.79 Å². The first-order valence-electron chi connectivity index (χ1n) is 16.0. The van der Waals surface area contributed by atoms with Crippen LogP contribution < -0.4 is 10.9 Å². The molecule has 2 aromatic carbocycles. The van der Waals surface area contributed by atoms with Crippen LogP contribution in [-0.4, -0.2) is 104 Å². The minimum Gasteiger partial charge on any atom is -0.444 e. The molecule has 1 amide bonds. The fraction of sp³-hybridized carbons (Fsp3) is 0.424. The number of sulfonamides is 2. The molecule has 18 heteroatoms. The van der Waals surface area contributed by atoms with Crippen molar-refractivity contribution < 1.29 is 26.4 Å². The molecule has 0 spiro atoms. The van der Waals surface area contributed by atoms with E-state index in [-0.39, 0.29) is 39.1 Å². The molecule has 2 fully saturated rings. The number of rotatable bonds is 6. The molecule has 2 aromatic heterocycles. The summed E-state index contributed by atoms with van der Waals surface area (Å²) < 4.78 is 62.0. The molecule has 2 saturated heterocycles. The highest BCUT2D eigenvalue weighted by molar-refractivity contribution is 9.11. The molecule has 0 bridgehead atoms. The van der Waals surface area contributed by atoms with Crippen molar-refractivity contribution >= 4 is 91.1 Å². The van der Waals surface area contributed by atoms with Gasteiger partial charge in [0.1, 0.15) is 10.8 Å². The Balaban J connectivity index is 0.000000205. The van der Waals surface area contributed by atoms with Crippen LogP contribution in [0.4, 0.5) is 4.79 Å². The maximum atomic E-state index is 13.4. The van der Waals surface area contributed by atoms with E-state index in [9.17, 15) is 26.4 Å². The fourth-order valence-corrected chi connectivity index (χ4v) is 11.0. The van der Waals surface area contributed by atoms with Crippen LogP contribution in [0.3, 0.4) is 0 Å².